The molecule has 1 heterocycles. The molecule has 0 aliphatic heterocycles. The van der Waals surface area contributed by atoms with Gasteiger partial charge in [-0.05, 0) is 17.7 Å². The number of rotatable bonds is 7. The molecule has 0 saturated carbocycles. The SMILES string of the molecule is COc1cc(CNc2nccs2)cc(Cl)c1OCC(N)=O. The van der Waals surface area contributed by atoms with Gasteiger partial charge in [0.1, 0.15) is 0 Å². The minimum atomic E-state index is -0.581. The average molecular weight is 328 g/mol. The van der Waals surface area contributed by atoms with Crippen LogP contribution in [-0.4, -0.2) is 24.6 Å². The van der Waals surface area contributed by atoms with Crippen molar-refractivity contribution in [1.82, 2.24) is 4.98 Å². The van der Waals surface area contributed by atoms with Crippen LogP contribution < -0.4 is 20.5 Å². The lowest BCUT2D eigenvalue weighted by atomic mass is 10.2. The standard InChI is InChI=1S/C13H14ClN3O3S/c1-19-10-5-8(6-17-13-16-2-3-21-13)4-9(14)12(10)20-7-11(15)18/h2-5H,6-7H2,1H3,(H2,15,18)(H,16,17). The van der Waals surface area contributed by atoms with Gasteiger partial charge in [-0.15, -0.1) is 11.3 Å². The maximum Gasteiger partial charge on any atom is 0.255 e. The fraction of sp³-hybridized carbons (Fsp3) is 0.231. The summed E-state index contributed by atoms with van der Waals surface area (Å²) in [5, 5.41) is 6.22. The molecule has 0 spiro atoms. The molecular weight excluding hydrogens is 314 g/mol. The Morgan fingerprint density at radius 1 is 1.52 bits per heavy atom. The van der Waals surface area contributed by atoms with Crippen molar-refractivity contribution in [3.63, 3.8) is 0 Å². The van der Waals surface area contributed by atoms with Gasteiger partial charge in [0.05, 0.1) is 12.1 Å². The smallest absolute Gasteiger partial charge is 0.255 e. The Morgan fingerprint density at radius 3 is 2.95 bits per heavy atom. The van der Waals surface area contributed by atoms with Crippen LogP contribution in [0.15, 0.2) is 23.7 Å². The molecule has 1 aromatic heterocycles. The Balaban J connectivity index is 2.13. The van der Waals surface area contributed by atoms with Gasteiger partial charge in [0.15, 0.2) is 23.2 Å². The summed E-state index contributed by atoms with van der Waals surface area (Å²) >= 11 is 7.67. The number of ether oxygens (including phenoxy) is 2. The molecule has 0 bridgehead atoms. The van der Waals surface area contributed by atoms with E-state index in [1.54, 1.807) is 18.3 Å². The summed E-state index contributed by atoms with van der Waals surface area (Å²) in [6, 6.07) is 3.52. The molecule has 1 aromatic carbocycles. The number of benzene rings is 1. The number of primary amides is 1. The Hall–Kier alpha value is -1.99. The molecule has 0 saturated heterocycles. The van der Waals surface area contributed by atoms with E-state index in [-0.39, 0.29) is 6.61 Å². The minimum Gasteiger partial charge on any atom is -0.493 e. The van der Waals surface area contributed by atoms with E-state index in [0.29, 0.717) is 23.1 Å². The number of methoxy groups -OCH3 is 1. The first-order chi connectivity index (χ1) is 10.1. The van der Waals surface area contributed by atoms with Crippen LogP contribution in [0.4, 0.5) is 5.13 Å². The largest absolute Gasteiger partial charge is 0.493 e. The molecule has 0 aliphatic rings. The molecule has 8 heteroatoms. The lowest BCUT2D eigenvalue weighted by Gasteiger charge is -2.13. The highest BCUT2D eigenvalue weighted by molar-refractivity contribution is 7.13. The first kappa shape index (κ1) is 15.4. The van der Waals surface area contributed by atoms with E-state index in [9.17, 15) is 4.79 Å². The number of hydrogen-bond acceptors (Lipinski definition) is 6. The fourth-order valence-electron chi connectivity index (χ4n) is 1.65. The first-order valence-corrected chi connectivity index (χ1v) is 7.26. The predicted octanol–water partition coefficient (Wildman–Crippen LogP) is 2.28. The molecule has 2 rings (SSSR count). The highest BCUT2D eigenvalue weighted by Crippen LogP contribution is 2.36. The topological polar surface area (TPSA) is 86.5 Å². The van der Waals surface area contributed by atoms with Crippen LogP contribution in [0.5, 0.6) is 11.5 Å². The summed E-state index contributed by atoms with van der Waals surface area (Å²) in [6.07, 6.45) is 1.72. The highest BCUT2D eigenvalue weighted by atomic mass is 35.5. The highest BCUT2D eigenvalue weighted by Gasteiger charge is 2.13. The predicted molar refractivity (Wildman–Crippen MR) is 82.1 cm³/mol. The quantitative estimate of drug-likeness (QED) is 0.814. The number of carbonyl (C=O) groups excluding carboxylic acids is 1. The maximum absolute atomic E-state index is 10.8. The Labute approximate surface area is 130 Å². The van der Waals surface area contributed by atoms with Crippen LogP contribution >= 0.6 is 22.9 Å². The Morgan fingerprint density at radius 2 is 2.33 bits per heavy atom. The molecule has 0 unspecified atom stereocenters. The molecule has 0 atom stereocenters. The first-order valence-electron chi connectivity index (χ1n) is 6.01. The molecule has 3 N–H and O–H groups in total. The van der Waals surface area contributed by atoms with Gasteiger partial charge < -0.3 is 20.5 Å². The number of anilines is 1. The van der Waals surface area contributed by atoms with Crippen LogP contribution in [0.25, 0.3) is 0 Å². The molecular formula is C13H14ClN3O3S. The number of carbonyl (C=O) groups is 1. The summed E-state index contributed by atoms with van der Waals surface area (Å²) in [5.74, 6) is 0.165. The fourth-order valence-corrected chi connectivity index (χ4v) is 2.46. The summed E-state index contributed by atoms with van der Waals surface area (Å²) < 4.78 is 10.5. The van der Waals surface area contributed by atoms with Gasteiger partial charge in [-0.3, -0.25) is 4.79 Å². The normalized spacial score (nSPS) is 10.2. The summed E-state index contributed by atoms with van der Waals surface area (Å²) in [5.41, 5.74) is 5.95. The van der Waals surface area contributed by atoms with Crippen molar-refractivity contribution in [2.24, 2.45) is 5.73 Å². The van der Waals surface area contributed by atoms with Crippen molar-refractivity contribution in [2.45, 2.75) is 6.54 Å². The number of halogens is 1. The molecule has 1 amide bonds. The summed E-state index contributed by atoms with van der Waals surface area (Å²) in [6.45, 7) is 0.284. The maximum atomic E-state index is 10.8. The van der Waals surface area contributed by atoms with E-state index < -0.39 is 5.91 Å². The lowest BCUT2D eigenvalue weighted by Crippen LogP contribution is -2.20. The van der Waals surface area contributed by atoms with Crippen LogP contribution in [0, 0.1) is 0 Å². The van der Waals surface area contributed by atoms with Gasteiger partial charge in [-0.1, -0.05) is 11.6 Å². The molecule has 0 radical (unpaired) electrons. The van der Waals surface area contributed by atoms with E-state index in [0.717, 1.165) is 10.7 Å². The van der Waals surface area contributed by atoms with Gasteiger partial charge in [0.2, 0.25) is 0 Å². The van der Waals surface area contributed by atoms with Gasteiger partial charge in [-0.2, -0.15) is 0 Å². The molecule has 2 aromatic rings. The van der Waals surface area contributed by atoms with Crippen molar-refractivity contribution in [3.8, 4) is 11.5 Å². The van der Waals surface area contributed by atoms with Crippen molar-refractivity contribution in [1.29, 1.82) is 0 Å². The van der Waals surface area contributed by atoms with Gasteiger partial charge in [0.25, 0.3) is 5.91 Å². The van der Waals surface area contributed by atoms with Crippen LogP contribution in [0.2, 0.25) is 5.02 Å². The zero-order valence-corrected chi connectivity index (χ0v) is 12.8. The van der Waals surface area contributed by atoms with Crippen molar-refractivity contribution in [3.05, 3.63) is 34.3 Å². The number of thiazole rings is 1. The van der Waals surface area contributed by atoms with Crippen LogP contribution in [-0.2, 0) is 11.3 Å². The molecule has 112 valence electrons. The van der Waals surface area contributed by atoms with E-state index in [1.807, 2.05) is 5.38 Å². The number of nitrogens with two attached hydrogens (primary N) is 1. The number of amides is 1. The van der Waals surface area contributed by atoms with Crippen molar-refractivity contribution in [2.75, 3.05) is 19.0 Å². The third-order valence-corrected chi connectivity index (χ3v) is 3.54. The lowest BCUT2D eigenvalue weighted by molar-refractivity contribution is -0.119. The van der Waals surface area contributed by atoms with Crippen molar-refractivity contribution < 1.29 is 14.3 Å². The Bertz CT molecular complexity index is 619. The average Bonchev–Trinajstić information content (AvgIpc) is 2.96. The molecule has 0 aliphatic carbocycles. The Kier molecular flexibility index (Phi) is 5.24. The van der Waals surface area contributed by atoms with Crippen LogP contribution in [0.3, 0.4) is 0 Å². The monoisotopic (exact) mass is 327 g/mol. The van der Waals surface area contributed by atoms with E-state index in [2.05, 4.69) is 10.3 Å². The van der Waals surface area contributed by atoms with Crippen LogP contribution in [0.1, 0.15) is 5.56 Å². The molecule has 0 fully saturated rings. The summed E-state index contributed by atoms with van der Waals surface area (Å²) in [4.78, 5) is 14.9. The van der Waals surface area contributed by atoms with E-state index >= 15 is 0 Å². The number of nitrogens with zero attached hydrogens (tertiary/aromatic N) is 1. The zero-order chi connectivity index (χ0) is 15.2. The molecule has 21 heavy (non-hydrogen) atoms. The second-order valence-electron chi connectivity index (χ2n) is 4.05. The summed E-state index contributed by atoms with van der Waals surface area (Å²) in [7, 11) is 1.50. The third kappa shape index (κ3) is 4.24. The zero-order valence-electron chi connectivity index (χ0n) is 11.3. The van der Waals surface area contributed by atoms with Gasteiger partial charge in [-0.25, -0.2) is 4.98 Å². The van der Waals surface area contributed by atoms with Gasteiger partial charge >= 0.3 is 0 Å². The van der Waals surface area contributed by atoms with Gasteiger partial charge in [0, 0.05) is 18.1 Å². The second-order valence-corrected chi connectivity index (χ2v) is 5.36. The second kappa shape index (κ2) is 7.14. The molecule has 6 nitrogen and oxygen atoms in total. The number of hydrogen-bond donors (Lipinski definition) is 2. The third-order valence-electron chi connectivity index (χ3n) is 2.52. The number of nitrogens with one attached hydrogen (secondary N) is 1. The van der Waals surface area contributed by atoms with E-state index in [1.165, 1.54) is 18.4 Å². The van der Waals surface area contributed by atoms with Crippen molar-refractivity contribution >= 4 is 34.0 Å². The van der Waals surface area contributed by atoms with E-state index in [4.69, 9.17) is 26.8 Å². The minimum absolute atomic E-state index is 0.257. The number of aromatic nitrogens is 1.